The van der Waals surface area contributed by atoms with Crippen LogP contribution in [0.2, 0.25) is 5.02 Å². The van der Waals surface area contributed by atoms with Gasteiger partial charge in [0.1, 0.15) is 5.01 Å². The van der Waals surface area contributed by atoms with E-state index in [1.165, 1.54) is 4.70 Å². The Balaban J connectivity index is 1.65. The van der Waals surface area contributed by atoms with E-state index >= 15 is 0 Å². The molecule has 4 rings (SSSR count). The summed E-state index contributed by atoms with van der Waals surface area (Å²) >= 11 is 7.60. The highest BCUT2D eigenvalue weighted by Gasteiger charge is 2.32. The zero-order chi connectivity index (χ0) is 15.8. The van der Waals surface area contributed by atoms with Crippen LogP contribution in [0.1, 0.15) is 34.2 Å². The molecule has 1 aliphatic rings. The van der Waals surface area contributed by atoms with E-state index in [4.69, 9.17) is 16.6 Å². The van der Waals surface area contributed by atoms with Gasteiger partial charge in [-0.25, -0.2) is 4.98 Å². The second kappa shape index (κ2) is 5.95. The lowest BCUT2D eigenvalue weighted by Crippen LogP contribution is -2.30. The number of rotatable bonds is 2. The summed E-state index contributed by atoms with van der Waals surface area (Å²) in [6.07, 6.45) is 1.99. The van der Waals surface area contributed by atoms with Crippen LogP contribution in [0, 0.1) is 0 Å². The Hall–Kier alpha value is -1.91. The second-order valence-electron chi connectivity index (χ2n) is 5.68. The number of nitrogens with zero attached hydrogens (tertiary/aromatic N) is 2. The number of carbonyl (C=O) groups is 1. The first kappa shape index (κ1) is 14.7. The molecule has 3 aromatic rings. The predicted octanol–water partition coefficient (Wildman–Crippen LogP) is 4.93. The minimum absolute atomic E-state index is 0.0587. The molecule has 1 aromatic heterocycles. The predicted molar refractivity (Wildman–Crippen MR) is 94.1 cm³/mol. The highest BCUT2D eigenvalue weighted by Crippen LogP contribution is 2.37. The number of halogens is 1. The molecule has 0 N–H and O–H groups in total. The van der Waals surface area contributed by atoms with Crippen molar-refractivity contribution < 1.29 is 4.79 Å². The Labute approximate surface area is 143 Å². The van der Waals surface area contributed by atoms with Gasteiger partial charge in [0.2, 0.25) is 0 Å². The van der Waals surface area contributed by atoms with Crippen LogP contribution in [0.4, 0.5) is 0 Å². The smallest absolute Gasteiger partial charge is 0.254 e. The number of fused-ring (bicyclic) bond motifs is 1. The van der Waals surface area contributed by atoms with Crippen molar-refractivity contribution in [3.63, 3.8) is 0 Å². The van der Waals surface area contributed by atoms with E-state index in [1.54, 1.807) is 35.6 Å². The highest BCUT2D eigenvalue weighted by atomic mass is 35.5. The summed E-state index contributed by atoms with van der Waals surface area (Å²) in [4.78, 5) is 19.5. The summed E-state index contributed by atoms with van der Waals surface area (Å²) < 4.78 is 1.17. The Kier molecular flexibility index (Phi) is 3.79. The summed E-state index contributed by atoms with van der Waals surface area (Å²) in [5, 5.41) is 1.68. The van der Waals surface area contributed by atoms with Gasteiger partial charge in [-0.3, -0.25) is 4.79 Å². The summed E-state index contributed by atoms with van der Waals surface area (Å²) in [5.74, 6) is 0.0587. The molecule has 1 amide bonds. The molecule has 2 aromatic carbocycles. The summed E-state index contributed by atoms with van der Waals surface area (Å²) in [6.45, 7) is 0.780. The monoisotopic (exact) mass is 342 g/mol. The minimum atomic E-state index is 0.0587. The maximum atomic E-state index is 12.8. The molecule has 1 aliphatic heterocycles. The van der Waals surface area contributed by atoms with Crippen molar-refractivity contribution in [2.75, 3.05) is 6.54 Å². The molecule has 116 valence electrons. The third-order valence-corrected chi connectivity index (χ3v) is 5.59. The fourth-order valence-electron chi connectivity index (χ4n) is 3.06. The molecule has 1 atom stereocenters. The SMILES string of the molecule is O=C(c1ccc(Cl)cc1)N1CCCC1c1nc2ccccc2s1. The van der Waals surface area contributed by atoms with Crippen LogP contribution in [0.25, 0.3) is 10.2 Å². The molecule has 0 saturated carbocycles. The number of hydrogen-bond donors (Lipinski definition) is 0. The van der Waals surface area contributed by atoms with Crippen LogP contribution in [0.15, 0.2) is 48.5 Å². The van der Waals surface area contributed by atoms with Gasteiger partial charge in [0.05, 0.1) is 16.3 Å². The van der Waals surface area contributed by atoms with Gasteiger partial charge in [-0.1, -0.05) is 23.7 Å². The molecular formula is C18H15ClN2OS. The summed E-state index contributed by atoms with van der Waals surface area (Å²) in [7, 11) is 0. The molecule has 0 spiro atoms. The zero-order valence-electron chi connectivity index (χ0n) is 12.4. The topological polar surface area (TPSA) is 33.2 Å². The van der Waals surface area contributed by atoms with E-state index < -0.39 is 0 Å². The number of likely N-dealkylation sites (tertiary alicyclic amines) is 1. The van der Waals surface area contributed by atoms with Crippen molar-refractivity contribution in [3.05, 3.63) is 64.1 Å². The van der Waals surface area contributed by atoms with Crippen molar-refractivity contribution in [2.24, 2.45) is 0 Å². The van der Waals surface area contributed by atoms with Crippen LogP contribution >= 0.6 is 22.9 Å². The number of thiazole rings is 1. The third kappa shape index (κ3) is 2.73. The van der Waals surface area contributed by atoms with Crippen molar-refractivity contribution >= 4 is 39.1 Å². The first-order chi connectivity index (χ1) is 11.2. The highest BCUT2D eigenvalue weighted by molar-refractivity contribution is 7.18. The Morgan fingerprint density at radius 3 is 2.74 bits per heavy atom. The number of para-hydroxylation sites is 1. The molecule has 2 heterocycles. The van der Waals surface area contributed by atoms with E-state index in [0.29, 0.717) is 10.6 Å². The van der Waals surface area contributed by atoms with Crippen molar-refractivity contribution in [2.45, 2.75) is 18.9 Å². The van der Waals surface area contributed by atoms with E-state index in [9.17, 15) is 4.79 Å². The van der Waals surface area contributed by atoms with Crippen LogP contribution in [0.5, 0.6) is 0 Å². The molecule has 0 aliphatic carbocycles. The van der Waals surface area contributed by atoms with Crippen LogP contribution in [0.3, 0.4) is 0 Å². The number of benzene rings is 2. The van der Waals surface area contributed by atoms with Gasteiger partial charge in [0.15, 0.2) is 0 Å². The molecule has 1 unspecified atom stereocenters. The van der Waals surface area contributed by atoms with E-state index in [-0.39, 0.29) is 11.9 Å². The van der Waals surface area contributed by atoms with E-state index in [1.807, 2.05) is 23.1 Å². The summed E-state index contributed by atoms with van der Waals surface area (Å²) in [6, 6.07) is 15.3. The lowest BCUT2D eigenvalue weighted by Gasteiger charge is -2.23. The van der Waals surface area contributed by atoms with Crippen LogP contribution in [-0.2, 0) is 0 Å². The van der Waals surface area contributed by atoms with Gasteiger partial charge in [0, 0.05) is 17.1 Å². The van der Waals surface area contributed by atoms with Gasteiger partial charge in [-0.15, -0.1) is 11.3 Å². The molecule has 1 saturated heterocycles. The lowest BCUT2D eigenvalue weighted by atomic mass is 10.1. The average Bonchev–Trinajstić information content (AvgIpc) is 3.21. The van der Waals surface area contributed by atoms with E-state index in [2.05, 4.69) is 6.07 Å². The van der Waals surface area contributed by atoms with Gasteiger partial charge in [0.25, 0.3) is 5.91 Å². The first-order valence-corrected chi connectivity index (χ1v) is 8.84. The normalized spacial score (nSPS) is 17.8. The zero-order valence-corrected chi connectivity index (χ0v) is 14.0. The Morgan fingerprint density at radius 1 is 1.17 bits per heavy atom. The largest absolute Gasteiger partial charge is 0.329 e. The van der Waals surface area contributed by atoms with Crippen molar-refractivity contribution in [1.29, 1.82) is 0 Å². The second-order valence-corrected chi connectivity index (χ2v) is 7.18. The number of aromatic nitrogens is 1. The fourth-order valence-corrected chi connectivity index (χ4v) is 4.30. The summed E-state index contributed by atoms with van der Waals surface area (Å²) in [5.41, 5.74) is 1.70. The van der Waals surface area contributed by atoms with Gasteiger partial charge >= 0.3 is 0 Å². The number of hydrogen-bond acceptors (Lipinski definition) is 3. The van der Waals surface area contributed by atoms with Gasteiger partial charge < -0.3 is 4.90 Å². The molecule has 0 radical (unpaired) electrons. The first-order valence-electron chi connectivity index (χ1n) is 7.64. The van der Waals surface area contributed by atoms with Crippen molar-refractivity contribution in [1.82, 2.24) is 9.88 Å². The van der Waals surface area contributed by atoms with Crippen LogP contribution in [-0.4, -0.2) is 22.3 Å². The Morgan fingerprint density at radius 2 is 1.96 bits per heavy atom. The molecule has 3 nitrogen and oxygen atoms in total. The Bertz CT molecular complexity index is 826. The van der Waals surface area contributed by atoms with Gasteiger partial charge in [-0.2, -0.15) is 0 Å². The van der Waals surface area contributed by atoms with Crippen molar-refractivity contribution in [3.8, 4) is 0 Å². The molecule has 0 bridgehead atoms. The average molecular weight is 343 g/mol. The fraction of sp³-hybridized carbons (Fsp3) is 0.222. The molecule has 1 fully saturated rings. The molecule has 23 heavy (non-hydrogen) atoms. The maximum Gasteiger partial charge on any atom is 0.254 e. The minimum Gasteiger partial charge on any atom is -0.329 e. The van der Waals surface area contributed by atoms with Crippen LogP contribution < -0.4 is 0 Å². The van der Waals surface area contributed by atoms with Gasteiger partial charge in [-0.05, 0) is 49.2 Å². The molecule has 5 heteroatoms. The lowest BCUT2D eigenvalue weighted by molar-refractivity contribution is 0.0735. The number of carbonyl (C=O) groups excluding carboxylic acids is 1. The third-order valence-electron chi connectivity index (χ3n) is 4.20. The quantitative estimate of drug-likeness (QED) is 0.661. The molecular weight excluding hydrogens is 328 g/mol. The maximum absolute atomic E-state index is 12.8. The standard InChI is InChI=1S/C18H15ClN2OS/c19-13-9-7-12(8-10-13)18(22)21-11-3-5-15(21)17-20-14-4-1-2-6-16(14)23-17/h1-2,4,6-10,15H,3,5,11H2. The number of amides is 1. The van der Waals surface area contributed by atoms with E-state index in [0.717, 1.165) is 29.9 Å².